The van der Waals surface area contributed by atoms with E-state index in [0.717, 1.165) is 25.7 Å². The second kappa shape index (κ2) is 7.07. The number of carbonyl (C=O) groups excluding carboxylic acids is 1. The number of aryl methyl sites for hydroxylation is 1. The van der Waals surface area contributed by atoms with Crippen LogP contribution >= 0.6 is 0 Å². The number of amides is 1. The summed E-state index contributed by atoms with van der Waals surface area (Å²) in [6.45, 7) is 1.30. The Hall–Kier alpha value is -1.85. The van der Waals surface area contributed by atoms with E-state index < -0.39 is 5.97 Å². The molecule has 0 saturated heterocycles. The van der Waals surface area contributed by atoms with Crippen molar-refractivity contribution in [1.29, 1.82) is 0 Å². The molecule has 0 atom stereocenters. The first kappa shape index (κ1) is 14.6. The lowest BCUT2D eigenvalue weighted by Gasteiger charge is -2.26. The van der Waals surface area contributed by atoms with Crippen LogP contribution in [0.2, 0.25) is 0 Å². The van der Waals surface area contributed by atoms with Crippen molar-refractivity contribution in [3.05, 3.63) is 18.7 Å². The fourth-order valence-corrected chi connectivity index (χ4v) is 2.61. The molecule has 6 heteroatoms. The average molecular weight is 279 g/mol. The predicted octanol–water partition coefficient (Wildman–Crippen LogP) is 1.28. The Morgan fingerprint density at radius 3 is 2.65 bits per heavy atom. The standard InChI is InChI=1S/C14H21N3O3/c18-13(5-7-17-8-6-15-10-17)16-9-11-1-3-12(4-2-11)14(19)20/h6,8,10-12H,1-5,7,9H2,(H,16,18)(H,19,20). The van der Waals surface area contributed by atoms with E-state index in [1.807, 2.05) is 10.8 Å². The summed E-state index contributed by atoms with van der Waals surface area (Å²) in [5, 5.41) is 11.9. The number of hydrogen-bond donors (Lipinski definition) is 2. The molecule has 6 nitrogen and oxygen atoms in total. The summed E-state index contributed by atoms with van der Waals surface area (Å²) in [6.07, 6.45) is 8.90. The largest absolute Gasteiger partial charge is 0.481 e. The Morgan fingerprint density at radius 1 is 1.30 bits per heavy atom. The molecule has 1 amide bonds. The number of nitrogens with one attached hydrogen (secondary N) is 1. The summed E-state index contributed by atoms with van der Waals surface area (Å²) < 4.78 is 1.87. The van der Waals surface area contributed by atoms with E-state index in [1.54, 1.807) is 12.5 Å². The van der Waals surface area contributed by atoms with Gasteiger partial charge in [-0.1, -0.05) is 0 Å². The van der Waals surface area contributed by atoms with E-state index in [-0.39, 0.29) is 11.8 Å². The molecule has 1 aromatic rings. The summed E-state index contributed by atoms with van der Waals surface area (Å²) in [5.74, 6) is -0.419. The fraction of sp³-hybridized carbons (Fsp3) is 0.643. The summed E-state index contributed by atoms with van der Waals surface area (Å²) in [5.41, 5.74) is 0. The molecule has 20 heavy (non-hydrogen) atoms. The van der Waals surface area contributed by atoms with Crippen molar-refractivity contribution in [1.82, 2.24) is 14.9 Å². The topological polar surface area (TPSA) is 84.2 Å². The van der Waals surface area contributed by atoms with E-state index in [9.17, 15) is 9.59 Å². The van der Waals surface area contributed by atoms with Crippen LogP contribution in [0.3, 0.4) is 0 Å². The van der Waals surface area contributed by atoms with Gasteiger partial charge in [0.15, 0.2) is 0 Å². The van der Waals surface area contributed by atoms with Crippen LogP contribution in [0.25, 0.3) is 0 Å². The molecule has 0 bridgehead atoms. The normalized spacial score (nSPS) is 22.4. The number of hydrogen-bond acceptors (Lipinski definition) is 3. The monoisotopic (exact) mass is 279 g/mol. The Balaban J connectivity index is 1.61. The Bertz CT molecular complexity index is 437. The third-order valence-corrected chi connectivity index (χ3v) is 3.94. The zero-order chi connectivity index (χ0) is 14.4. The number of carboxylic acid groups (broad SMARTS) is 1. The minimum absolute atomic E-state index is 0.0408. The fourth-order valence-electron chi connectivity index (χ4n) is 2.61. The molecule has 0 aliphatic heterocycles. The molecule has 0 radical (unpaired) electrons. The van der Waals surface area contributed by atoms with Crippen molar-refractivity contribution in [3.8, 4) is 0 Å². The van der Waals surface area contributed by atoms with E-state index in [1.165, 1.54) is 0 Å². The first-order valence-corrected chi connectivity index (χ1v) is 7.10. The van der Waals surface area contributed by atoms with Gasteiger partial charge in [0.2, 0.25) is 5.91 Å². The summed E-state index contributed by atoms with van der Waals surface area (Å²) in [7, 11) is 0. The van der Waals surface area contributed by atoms with E-state index in [4.69, 9.17) is 5.11 Å². The first-order valence-electron chi connectivity index (χ1n) is 7.10. The van der Waals surface area contributed by atoms with Gasteiger partial charge in [-0.3, -0.25) is 9.59 Å². The van der Waals surface area contributed by atoms with Crippen LogP contribution in [0.15, 0.2) is 18.7 Å². The Morgan fingerprint density at radius 2 is 2.05 bits per heavy atom. The van der Waals surface area contributed by atoms with Crippen LogP contribution in [0.5, 0.6) is 0 Å². The highest BCUT2D eigenvalue weighted by atomic mass is 16.4. The zero-order valence-electron chi connectivity index (χ0n) is 11.5. The van der Waals surface area contributed by atoms with Gasteiger partial charge in [0, 0.05) is 31.9 Å². The molecule has 1 aromatic heterocycles. The number of aliphatic carboxylic acids is 1. The van der Waals surface area contributed by atoms with Gasteiger partial charge in [0.05, 0.1) is 12.2 Å². The quantitative estimate of drug-likeness (QED) is 0.821. The highest BCUT2D eigenvalue weighted by molar-refractivity contribution is 5.75. The Kier molecular flexibility index (Phi) is 5.15. The van der Waals surface area contributed by atoms with Crippen LogP contribution in [0.1, 0.15) is 32.1 Å². The van der Waals surface area contributed by atoms with Gasteiger partial charge >= 0.3 is 5.97 Å². The summed E-state index contributed by atoms with van der Waals surface area (Å²) in [4.78, 5) is 26.5. The molecule has 0 aromatic carbocycles. The van der Waals surface area contributed by atoms with Crippen LogP contribution < -0.4 is 5.32 Å². The smallest absolute Gasteiger partial charge is 0.306 e. The van der Waals surface area contributed by atoms with Gasteiger partial charge in [0.1, 0.15) is 0 Å². The Labute approximate surface area is 118 Å². The van der Waals surface area contributed by atoms with Gasteiger partial charge in [0.25, 0.3) is 0 Å². The van der Waals surface area contributed by atoms with Gasteiger partial charge < -0.3 is 15.0 Å². The van der Waals surface area contributed by atoms with Crippen LogP contribution in [0.4, 0.5) is 0 Å². The summed E-state index contributed by atoms with van der Waals surface area (Å²) in [6, 6.07) is 0. The van der Waals surface area contributed by atoms with Crippen LogP contribution in [-0.4, -0.2) is 33.1 Å². The molecule has 0 spiro atoms. The number of imidazole rings is 1. The first-order chi connectivity index (χ1) is 9.65. The predicted molar refractivity (Wildman–Crippen MR) is 72.9 cm³/mol. The van der Waals surface area contributed by atoms with Gasteiger partial charge in [-0.2, -0.15) is 0 Å². The summed E-state index contributed by atoms with van der Waals surface area (Å²) >= 11 is 0. The maximum atomic E-state index is 11.7. The number of aromatic nitrogens is 2. The molecule has 0 unspecified atom stereocenters. The van der Waals surface area contributed by atoms with Crippen molar-refractivity contribution in [2.24, 2.45) is 11.8 Å². The van der Waals surface area contributed by atoms with Crippen molar-refractivity contribution < 1.29 is 14.7 Å². The van der Waals surface area contributed by atoms with Gasteiger partial charge in [-0.25, -0.2) is 4.98 Å². The molecule has 1 saturated carbocycles. The third-order valence-electron chi connectivity index (χ3n) is 3.94. The maximum absolute atomic E-state index is 11.7. The van der Waals surface area contributed by atoms with Crippen molar-refractivity contribution in [3.63, 3.8) is 0 Å². The second-order valence-electron chi connectivity index (χ2n) is 5.41. The SMILES string of the molecule is O=C(CCn1ccnc1)NCC1CCC(C(=O)O)CC1. The lowest BCUT2D eigenvalue weighted by Crippen LogP contribution is -2.32. The molecule has 1 aliphatic carbocycles. The molecule has 110 valence electrons. The third kappa shape index (κ3) is 4.36. The highest BCUT2D eigenvalue weighted by Gasteiger charge is 2.25. The van der Waals surface area contributed by atoms with E-state index >= 15 is 0 Å². The van der Waals surface area contributed by atoms with Crippen molar-refractivity contribution in [2.45, 2.75) is 38.6 Å². The number of carboxylic acids is 1. The van der Waals surface area contributed by atoms with E-state index in [0.29, 0.717) is 25.4 Å². The van der Waals surface area contributed by atoms with E-state index in [2.05, 4.69) is 10.3 Å². The highest BCUT2D eigenvalue weighted by Crippen LogP contribution is 2.28. The molecule has 2 rings (SSSR count). The molecule has 1 heterocycles. The minimum Gasteiger partial charge on any atom is -0.481 e. The second-order valence-corrected chi connectivity index (χ2v) is 5.41. The number of nitrogens with zero attached hydrogens (tertiary/aromatic N) is 2. The zero-order valence-corrected chi connectivity index (χ0v) is 11.5. The minimum atomic E-state index is -0.687. The van der Waals surface area contributed by atoms with Crippen LogP contribution in [-0.2, 0) is 16.1 Å². The van der Waals surface area contributed by atoms with Gasteiger partial charge in [-0.15, -0.1) is 0 Å². The number of rotatable bonds is 6. The van der Waals surface area contributed by atoms with Gasteiger partial charge in [-0.05, 0) is 31.6 Å². The molecular formula is C14H21N3O3. The molecule has 2 N–H and O–H groups in total. The molecule has 1 fully saturated rings. The number of carbonyl (C=O) groups is 2. The lowest BCUT2D eigenvalue weighted by atomic mass is 9.82. The van der Waals surface area contributed by atoms with Crippen LogP contribution in [0, 0.1) is 11.8 Å². The average Bonchev–Trinajstić information content (AvgIpc) is 2.96. The van der Waals surface area contributed by atoms with Crippen molar-refractivity contribution in [2.75, 3.05) is 6.54 Å². The molecular weight excluding hydrogens is 258 g/mol. The van der Waals surface area contributed by atoms with Crippen molar-refractivity contribution >= 4 is 11.9 Å². The maximum Gasteiger partial charge on any atom is 0.306 e. The molecule has 1 aliphatic rings. The lowest BCUT2D eigenvalue weighted by molar-refractivity contribution is -0.143.